The Bertz CT molecular complexity index is 1300. The van der Waals surface area contributed by atoms with Crippen LogP contribution >= 0.6 is 15.9 Å². The first-order chi connectivity index (χ1) is 17.2. The van der Waals surface area contributed by atoms with Gasteiger partial charge in [-0.15, -0.1) is 0 Å². The molecule has 0 spiro atoms. The minimum Gasteiger partial charge on any atom is -0.407 e. The minimum atomic E-state index is -2.56. The molecule has 0 bridgehead atoms. The zero-order valence-corrected chi connectivity index (χ0v) is 24.3. The monoisotopic (exact) mass is 561 g/mol. The SMILES string of the molecule is CC(CO[Si](c1ccccc1)(c1ccccc1)C(C)(C)C)Cn1c2c(c3ccc(Br)cc31)C(O)CC2. The highest BCUT2D eigenvalue weighted by Gasteiger charge is 2.50. The molecule has 1 aliphatic carbocycles. The molecule has 0 aliphatic heterocycles. The molecule has 4 aromatic rings. The van der Waals surface area contributed by atoms with E-state index in [0.29, 0.717) is 12.5 Å². The van der Waals surface area contributed by atoms with Gasteiger partial charge in [0.1, 0.15) is 0 Å². The highest BCUT2D eigenvalue weighted by molar-refractivity contribution is 9.10. The summed E-state index contributed by atoms with van der Waals surface area (Å²) in [4.78, 5) is 0. The number of aromatic nitrogens is 1. The summed E-state index contributed by atoms with van der Waals surface area (Å²) in [6.45, 7) is 10.8. The lowest BCUT2D eigenvalue weighted by atomic mass is 10.1. The predicted octanol–water partition coefficient (Wildman–Crippen LogP) is 6.60. The Morgan fingerprint density at radius 2 is 1.61 bits per heavy atom. The molecule has 0 fully saturated rings. The van der Waals surface area contributed by atoms with Crippen LogP contribution in [0.5, 0.6) is 0 Å². The molecular weight excluding hydrogens is 526 g/mol. The van der Waals surface area contributed by atoms with Crippen molar-refractivity contribution in [3.8, 4) is 0 Å². The van der Waals surface area contributed by atoms with E-state index in [9.17, 15) is 5.11 Å². The van der Waals surface area contributed by atoms with E-state index in [1.54, 1.807) is 0 Å². The molecule has 5 heteroatoms. The molecule has 5 rings (SSSR count). The van der Waals surface area contributed by atoms with Gasteiger partial charge in [0.15, 0.2) is 0 Å². The second kappa shape index (κ2) is 9.94. The summed E-state index contributed by atoms with van der Waals surface area (Å²) in [6.07, 6.45) is 1.36. The van der Waals surface area contributed by atoms with Crippen molar-refractivity contribution >= 4 is 45.5 Å². The summed E-state index contributed by atoms with van der Waals surface area (Å²) in [7, 11) is -2.56. The van der Waals surface area contributed by atoms with Crippen LogP contribution in [0.2, 0.25) is 5.04 Å². The third-order valence-corrected chi connectivity index (χ3v) is 13.2. The summed E-state index contributed by atoms with van der Waals surface area (Å²) < 4.78 is 10.7. The van der Waals surface area contributed by atoms with Crippen LogP contribution in [0.15, 0.2) is 83.3 Å². The van der Waals surface area contributed by atoms with E-state index in [1.165, 1.54) is 27.0 Å². The number of benzene rings is 3. The van der Waals surface area contributed by atoms with Gasteiger partial charge in [-0.3, -0.25) is 0 Å². The fourth-order valence-electron chi connectivity index (χ4n) is 6.06. The van der Waals surface area contributed by atoms with Gasteiger partial charge < -0.3 is 14.1 Å². The first kappa shape index (κ1) is 25.5. The van der Waals surface area contributed by atoms with Gasteiger partial charge >= 0.3 is 0 Å². The number of aliphatic hydroxyl groups is 1. The van der Waals surface area contributed by atoms with Crippen LogP contribution in [-0.2, 0) is 17.4 Å². The van der Waals surface area contributed by atoms with Gasteiger partial charge in [-0.25, -0.2) is 0 Å². The predicted molar refractivity (Wildman–Crippen MR) is 156 cm³/mol. The molecule has 3 nitrogen and oxygen atoms in total. The van der Waals surface area contributed by atoms with Crippen LogP contribution in [-0.4, -0.2) is 24.6 Å². The van der Waals surface area contributed by atoms with E-state index in [4.69, 9.17) is 4.43 Å². The van der Waals surface area contributed by atoms with E-state index in [0.717, 1.165) is 29.4 Å². The van der Waals surface area contributed by atoms with Crippen LogP contribution in [0.4, 0.5) is 0 Å². The van der Waals surface area contributed by atoms with Crippen molar-refractivity contribution in [1.29, 1.82) is 0 Å². The summed E-state index contributed by atoms with van der Waals surface area (Å²) in [5, 5.41) is 14.5. The molecule has 1 aromatic heterocycles. The fraction of sp³-hybridized carbons (Fsp3) is 0.355. The molecular formula is C31H36BrNO2Si. The summed E-state index contributed by atoms with van der Waals surface area (Å²) in [5.41, 5.74) is 3.61. The highest BCUT2D eigenvalue weighted by atomic mass is 79.9. The van der Waals surface area contributed by atoms with Crippen LogP contribution in [0.1, 0.15) is 51.5 Å². The van der Waals surface area contributed by atoms with E-state index < -0.39 is 8.32 Å². The first-order valence-electron chi connectivity index (χ1n) is 13.0. The standard InChI is InChI=1S/C31H36BrNO2Si/c1-22(20-33-27-17-18-29(34)30(27)26-16-15-23(32)19-28(26)33)21-35-36(31(2,3)4,24-11-7-5-8-12-24)25-13-9-6-10-14-25/h5-16,19,22,29,34H,17-18,20-21H2,1-4H3. The molecule has 1 heterocycles. The van der Waals surface area contributed by atoms with Gasteiger partial charge in [0, 0.05) is 39.8 Å². The molecule has 0 saturated heterocycles. The second-order valence-electron chi connectivity index (χ2n) is 11.3. The van der Waals surface area contributed by atoms with Crippen LogP contribution in [0.25, 0.3) is 10.9 Å². The number of fused-ring (bicyclic) bond motifs is 3. The van der Waals surface area contributed by atoms with Crippen molar-refractivity contribution < 1.29 is 9.53 Å². The molecule has 0 radical (unpaired) electrons. The molecule has 36 heavy (non-hydrogen) atoms. The quantitative estimate of drug-likeness (QED) is 0.258. The van der Waals surface area contributed by atoms with E-state index in [-0.39, 0.29) is 11.1 Å². The Labute approximate surface area is 224 Å². The summed E-state index contributed by atoms with van der Waals surface area (Å²) >= 11 is 3.66. The summed E-state index contributed by atoms with van der Waals surface area (Å²) in [6, 6.07) is 28.1. The zero-order valence-electron chi connectivity index (χ0n) is 21.7. The van der Waals surface area contributed by atoms with Crippen molar-refractivity contribution in [2.24, 2.45) is 5.92 Å². The number of hydrogen-bond acceptors (Lipinski definition) is 2. The number of hydrogen-bond donors (Lipinski definition) is 1. The second-order valence-corrected chi connectivity index (χ2v) is 16.5. The number of aliphatic hydroxyl groups excluding tert-OH is 1. The van der Waals surface area contributed by atoms with E-state index >= 15 is 0 Å². The molecule has 3 aromatic carbocycles. The largest absolute Gasteiger partial charge is 0.407 e. The molecule has 1 N–H and O–H groups in total. The van der Waals surface area contributed by atoms with Gasteiger partial charge in [0.05, 0.1) is 6.10 Å². The summed E-state index contributed by atoms with van der Waals surface area (Å²) in [5.74, 6) is 0.308. The van der Waals surface area contributed by atoms with Crippen molar-refractivity contribution in [1.82, 2.24) is 4.57 Å². The van der Waals surface area contributed by atoms with Gasteiger partial charge in [-0.05, 0) is 46.3 Å². The number of rotatable bonds is 7. The van der Waals surface area contributed by atoms with Gasteiger partial charge in [-0.2, -0.15) is 0 Å². The minimum absolute atomic E-state index is 0.0359. The average molecular weight is 563 g/mol. The topological polar surface area (TPSA) is 34.4 Å². The highest BCUT2D eigenvalue weighted by Crippen LogP contribution is 2.41. The average Bonchev–Trinajstić information content (AvgIpc) is 3.38. The molecule has 2 unspecified atom stereocenters. The fourth-order valence-corrected chi connectivity index (χ4v) is 11.1. The maximum Gasteiger partial charge on any atom is 0.261 e. The van der Waals surface area contributed by atoms with Crippen molar-refractivity contribution in [2.75, 3.05) is 6.61 Å². The van der Waals surface area contributed by atoms with Gasteiger partial charge in [0.2, 0.25) is 0 Å². The van der Waals surface area contributed by atoms with Crippen LogP contribution in [0.3, 0.4) is 0 Å². The third-order valence-electron chi connectivity index (χ3n) is 7.66. The lowest BCUT2D eigenvalue weighted by Crippen LogP contribution is -2.66. The number of halogens is 1. The first-order valence-corrected chi connectivity index (χ1v) is 15.7. The Morgan fingerprint density at radius 1 is 1.00 bits per heavy atom. The van der Waals surface area contributed by atoms with Crippen LogP contribution in [0, 0.1) is 5.92 Å². The van der Waals surface area contributed by atoms with Crippen LogP contribution < -0.4 is 10.4 Å². The lowest BCUT2D eigenvalue weighted by Gasteiger charge is -2.43. The van der Waals surface area contributed by atoms with E-state index in [1.807, 2.05) is 0 Å². The lowest BCUT2D eigenvalue weighted by molar-refractivity contribution is 0.181. The zero-order chi connectivity index (χ0) is 25.5. The smallest absolute Gasteiger partial charge is 0.261 e. The Kier molecular flexibility index (Phi) is 7.03. The Morgan fingerprint density at radius 3 is 2.19 bits per heavy atom. The van der Waals surface area contributed by atoms with Crippen molar-refractivity contribution in [3.63, 3.8) is 0 Å². The normalized spacial score (nSPS) is 16.9. The maximum atomic E-state index is 10.7. The van der Waals surface area contributed by atoms with Crippen molar-refractivity contribution in [3.05, 3.63) is 94.6 Å². The molecule has 2 atom stereocenters. The molecule has 188 valence electrons. The van der Waals surface area contributed by atoms with Gasteiger partial charge in [-0.1, -0.05) is 110 Å². The maximum absolute atomic E-state index is 10.7. The van der Waals surface area contributed by atoms with Gasteiger partial charge in [0.25, 0.3) is 8.32 Å². The third kappa shape index (κ3) is 4.41. The number of nitrogens with zero attached hydrogens (tertiary/aromatic N) is 1. The van der Waals surface area contributed by atoms with Crippen molar-refractivity contribution in [2.45, 2.75) is 58.2 Å². The Hall–Kier alpha value is -2.18. The molecule has 1 aliphatic rings. The molecule has 0 amide bonds. The molecule has 0 saturated carbocycles. The van der Waals surface area contributed by atoms with E-state index in [2.05, 4.69) is 127 Å². The Balaban J connectivity index is 1.49.